The smallest absolute Gasteiger partial charge is 0.0795 e. The minimum absolute atomic E-state index is 0.153. The van der Waals surface area contributed by atoms with Crippen LogP contribution in [0.5, 0.6) is 0 Å². The van der Waals surface area contributed by atoms with Gasteiger partial charge in [-0.2, -0.15) is 11.8 Å². The molecule has 3 rings (SSSR count). The molecule has 0 amide bonds. The second kappa shape index (κ2) is 6.27. The van der Waals surface area contributed by atoms with Crippen molar-refractivity contribution in [2.75, 3.05) is 18.1 Å². The number of nitrogens with one attached hydrogen (secondary N) is 1. The summed E-state index contributed by atoms with van der Waals surface area (Å²) in [5, 5.41) is 4.57. The van der Waals surface area contributed by atoms with E-state index in [0.717, 1.165) is 24.5 Å². The topological polar surface area (TPSA) is 21.3 Å². The molecule has 2 heterocycles. The third kappa shape index (κ3) is 3.33. The average molecular weight is 312 g/mol. The molecule has 1 aromatic carbocycles. The van der Waals surface area contributed by atoms with Crippen molar-refractivity contribution in [3.63, 3.8) is 0 Å². The molecule has 0 aliphatic carbocycles. The van der Waals surface area contributed by atoms with Gasteiger partial charge in [-0.05, 0) is 49.6 Å². The van der Waals surface area contributed by atoms with Gasteiger partial charge in [-0.25, -0.2) is 0 Å². The van der Waals surface area contributed by atoms with E-state index < -0.39 is 0 Å². The Bertz CT molecular complexity index is 444. The molecule has 3 atom stereocenters. The summed E-state index contributed by atoms with van der Waals surface area (Å²) in [5.74, 6) is 2.42. The summed E-state index contributed by atoms with van der Waals surface area (Å²) in [6, 6.07) is 9.08. The molecule has 1 N–H and O–H groups in total. The van der Waals surface area contributed by atoms with Crippen LogP contribution in [0.15, 0.2) is 24.3 Å². The molecule has 1 aromatic rings. The monoisotopic (exact) mass is 311 g/mol. The highest BCUT2D eigenvalue weighted by Crippen LogP contribution is 2.38. The molecule has 20 heavy (non-hydrogen) atoms. The Balaban J connectivity index is 1.60. The first-order chi connectivity index (χ1) is 9.67. The zero-order valence-corrected chi connectivity index (χ0v) is 13.5. The van der Waals surface area contributed by atoms with Crippen LogP contribution in [-0.4, -0.2) is 29.8 Å². The lowest BCUT2D eigenvalue weighted by Gasteiger charge is -2.39. The summed E-state index contributed by atoms with van der Waals surface area (Å²) in [5.41, 5.74) is 1.45. The van der Waals surface area contributed by atoms with E-state index in [4.69, 9.17) is 16.3 Å². The number of hydrogen-bond donors (Lipinski definition) is 1. The van der Waals surface area contributed by atoms with Gasteiger partial charge in [-0.1, -0.05) is 23.7 Å². The fraction of sp³-hybridized carbons (Fsp3) is 0.625. The standard InChI is InChI=1S/C16H22ClNOS/c1-12(13-2-4-14(17)5-3-13)18-15-6-8-19-16(10-15)7-9-20-11-16/h2-5,12,15,18H,6-11H2,1H3. The summed E-state index contributed by atoms with van der Waals surface area (Å²) >= 11 is 7.98. The van der Waals surface area contributed by atoms with E-state index in [-0.39, 0.29) is 5.60 Å². The van der Waals surface area contributed by atoms with Crippen LogP contribution in [-0.2, 0) is 4.74 Å². The second-order valence-electron chi connectivity index (χ2n) is 5.96. The number of benzene rings is 1. The maximum absolute atomic E-state index is 6.08. The van der Waals surface area contributed by atoms with Crippen LogP contribution >= 0.6 is 23.4 Å². The Morgan fingerprint density at radius 3 is 2.90 bits per heavy atom. The molecule has 1 spiro atoms. The molecular weight excluding hydrogens is 290 g/mol. The predicted octanol–water partition coefficient (Wildman–Crippen LogP) is 4.05. The average Bonchev–Trinajstić information content (AvgIpc) is 2.87. The summed E-state index contributed by atoms with van der Waals surface area (Å²) in [4.78, 5) is 0. The van der Waals surface area contributed by atoms with E-state index >= 15 is 0 Å². The van der Waals surface area contributed by atoms with Crippen LogP contribution < -0.4 is 5.32 Å². The largest absolute Gasteiger partial charge is 0.374 e. The van der Waals surface area contributed by atoms with Crippen LogP contribution in [0.1, 0.15) is 37.8 Å². The van der Waals surface area contributed by atoms with Crippen LogP contribution in [0.3, 0.4) is 0 Å². The minimum atomic E-state index is 0.153. The van der Waals surface area contributed by atoms with E-state index in [1.165, 1.54) is 23.5 Å². The van der Waals surface area contributed by atoms with E-state index in [2.05, 4.69) is 24.4 Å². The Hall–Kier alpha value is -0.220. The van der Waals surface area contributed by atoms with Crippen molar-refractivity contribution >= 4 is 23.4 Å². The highest BCUT2D eigenvalue weighted by atomic mass is 35.5. The van der Waals surface area contributed by atoms with Gasteiger partial charge >= 0.3 is 0 Å². The van der Waals surface area contributed by atoms with E-state index in [0.29, 0.717) is 12.1 Å². The first-order valence-corrected chi connectivity index (χ1v) is 8.93. The van der Waals surface area contributed by atoms with E-state index in [9.17, 15) is 0 Å². The Kier molecular flexibility index (Phi) is 4.61. The van der Waals surface area contributed by atoms with Gasteiger partial charge in [-0.3, -0.25) is 0 Å². The van der Waals surface area contributed by atoms with Gasteiger partial charge in [0.1, 0.15) is 0 Å². The summed E-state index contributed by atoms with van der Waals surface area (Å²) in [6.45, 7) is 3.13. The number of halogens is 1. The SMILES string of the molecule is CC(NC1CCOC2(CCSC2)C1)c1ccc(Cl)cc1. The second-order valence-corrected chi connectivity index (χ2v) is 7.51. The van der Waals surface area contributed by atoms with Gasteiger partial charge < -0.3 is 10.1 Å². The summed E-state index contributed by atoms with van der Waals surface area (Å²) in [6.07, 6.45) is 3.48. The van der Waals surface area contributed by atoms with Gasteiger partial charge in [0.25, 0.3) is 0 Å². The quantitative estimate of drug-likeness (QED) is 0.910. The zero-order valence-electron chi connectivity index (χ0n) is 11.9. The molecule has 3 unspecified atom stereocenters. The summed E-state index contributed by atoms with van der Waals surface area (Å²) < 4.78 is 6.08. The molecule has 2 nitrogen and oxygen atoms in total. The van der Waals surface area contributed by atoms with Crippen molar-refractivity contribution in [2.45, 2.75) is 43.9 Å². The molecule has 0 radical (unpaired) electrons. The molecule has 2 fully saturated rings. The Labute approximate surface area is 130 Å². The zero-order chi connectivity index (χ0) is 14.0. The molecular formula is C16H22ClNOS. The van der Waals surface area contributed by atoms with Crippen molar-refractivity contribution in [3.05, 3.63) is 34.9 Å². The molecule has 2 aliphatic rings. The molecule has 4 heteroatoms. The number of rotatable bonds is 3. The summed E-state index contributed by atoms with van der Waals surface area (Å²) in [7, 11) is 0. The van der Waals surface area contributed by atoms with Crippen molar-refractivity contribution in [1.29, 1.82) is 0 Å². The van der Waals surface area contributed by atoms with Gasteiger partial charge in [-0.15, -0.1) is 0 Å². The third-order valence-electron chi connectivity index (χ3n) is 4.42. The highest BCUT2D eigenvalue weighted by molar-refractivity contribution is 7.99. The lowest BCUT2D eigenvalue weighted by molar-refractivity contribution is -0.0711. The van der Waals surface area contributed by atoms with Gasteiger partial charge in [0.15, 0.2) is 0 Å². The molecule has 0 saturated carbocycles. The first kappa shape index (κ1) is 14.7. The first-order valence-electron chi connectivity index (χ1n) is 7.40. The molecule has 2 aliphatic heterocycles. The molecule has 2 saturated heterocycles. The van der Waals surface area contributed by atoms with Crippen molar-refractivity contribution < 1.29 is 4.74 Å². The predicted molar refractivity (Wildman–Crippen MR) is 86.6 cm³/mol. The normalized spacial score (nSPS) is 31.6. The third-order valence-corrected chi connectivity index (χ3v) is 5.89. The van der Waals surface area contributed by atoms with Crippen LogP contribution in [0, 0.1) is 0 Å². The maximum Gasteiger partial charge on any atom is 0.0795 e. The number of thioether (sulfide) groups is 1. The van der Waals surface area contributed by atoms with Crippen LogP contribution in [0.25, 0.3) is 0 Å². The molecule has 110 valence electrons. The van der Waals surface area contributed by atoms with Gasteiger partial charge in [0.2, 0.25) is 0 Å². The molecule has 0 aromatic heterocycles. The number of ether oxygens (including phenoxy) is 1. The number of hydrogen-bond acceptors (Lipinski definition) is 3. The fourth-order valence-electron chi connectivity index (χ4n) is 3.23. The van der Waals surface area contributed by atoms with Crippen molar-refractivity contribution in [3.8, 4) is 0 Å². The maximum atomic E-state index is 6.08. The van der Waals surface area contributed by atoms with E-state index in [1.807, 2.05) is 23.9 Å². The minimum Gasteiger partial charge on any atom is -0.374 e. The highest BCUT2D eigenvalue weighted by Gasteiger charge is 2.40. The lowest BCUT2D eigenvalue weighted by atomic mass is 9.89. The Morgan fingerprint density at radius 2 is 2.20 bits per heavy atom. The van der Waals surface area contributed by atoms with Crippen LogP contribution in [0.2, 0.25) is 5.02 Å². The van der Waals surface area contributed by atoms with E-state index in [1.54, 1.807) is 0 Å². The lowest BCUT2D eigenvalue weighted by Crippen LogP contribution is -2.47. The van der Waals surface area contributed by atoms with Gasteiger partial charge in [0.05, 0.1) is 5.60 Å². The molecule has 0 bridgehead atoms. The van der Waals surface area contributed by atoms with Crippen molar-refractivity contribution in [1.82, 2.24) is 5.32 Å². The van der Waals surface area contributed by atoms with Crippen molar-refractivity contribution in [2.24, 2.45) is 0 Å². The fourth-order valence-corrected chi connectivity index (χ4v) is 4.74. The van der Waals surface area contributed by atoms with Gasteiger partial charge in [0, 0.05) is 29.5 Å². The Morgan fingerprint density at radius 1 is 1.40 bits per heavy atom. The van der Waals surface area contributed by atoms with Crippen LogP contribution in [0.4, 0.5) is 0 Å².